The fourth-order valence-electron chi connectivity index (χ4n) is 1.91. The van der Waals surface area contributed by atoms with Crippen LogP contribution in [0.4, 0.5) is 11.8 Å². The first-order valence-electron chi connectivity index (χ1n) is 5.66. The molecule has 1 aromatic rings. The van der Waals surface area contributed by atoms with Gasteiger partial charge in [-0.15, -0.1) is 0 Å². The Morgan fingerprint density at radius 2 is 1.93 bits per heavy atom. The average Bonchev–Trinajstić information content (AvgIpc) is 2.58. The van der Waals surface area contributed by atoms with Gasteiger partial charge in [-0.3, -0.25) is 0 Å². The summed E-state index contributed by atoms with van der Waals surface area (Å²) in [5, 5.41) is 3.04. The highest BCUT2D eigenvalue weighted by Gasteiger charge is 2.12. The lowest BCUT2D eigenvalue weighted by atomic mass is 10.2. The molecule has 0 saturated carbocycles. The Morgan fingerprint density at radius 1 is 1.20 bits per heavy atom. The molecule has 4 nitrogen and oxygen atoms in total. The molecule has 1 N–H and O–H groups in total. The molecule has 0 aromatic carbocycles. The van der Waals surface area contributed by atoms with E-state index < -0.39 is 0 Å². The molecule has 1 saturated heterocycles. The lowest BCUT2D eigenvalue weighted by Gasteiger charge is -2.20. The van der Waals surface area contributed by atoms with Gasteiger partial charge in [-0.1, -0.05) is 12.8 Å². The first-order valence-corrected chi connectivity index (χ1v) is 5.66. The Kier molecular flexibility index (Phi) is 3.37. The normalized spacial score (nSPS) is 17.3. The largest absolute Gasteiger partial charge is 0.373 e. The SMILES string of the molecule is CNc1ccnc(N2CCCCCC2)n1. The second-order valence-corrected chi connectivity index (χ2v) is 3.89. The van der Waals surface area contributed by atoms with Crippen molar-refractivity contribution >= 4 is 11.8 Å². The molecule has 0 aliphatic carbocycles. The minimum absolute atomic E-state index is 0.865. The van der Waals surface area contributed by atoms with Gasteiger partial charge < -0.3 is 10.2 Å². The van der Waals surface area contributed by atoms with Crippen LogP contribution < -0.4 is 10.2 Å². The van der Waals surface area contributed by atoms with Gasteiger partial charge in [0.2, 0.25) is 5.95 Å². The van der Waals surface area contributed by atoms with Crippen LogP contribution >= 0.6 is 0 Å². The molecular formula is C11H18N4. The zero-order valence-corrected chi connectivity index (χ0v) is 9.24. The summed E-state index contributed by atoms with van der Waals surface area (Å²) in [7, 11) is 1.88. The minimum atomic E-state index is 0.865. The van der Waals surface area contributed by atoms with Crippen LogP contribution in [0.15, 0.2) is 12.3 Å². The highest BCUT2D eigenvalue weighted by Crippen LogP contribution is 2.16. The third-order valence-corrected chi connectivity index (χ3v) is 2.79. The third kappa shape index (κ3) is 2.58. The number of hydrogen-bond acceptors (Lipinski definition) is 4. The molecule has 1 aliphatic rings. The van der Waals surface area contributed by atoms with Gasteiger partial charge in [0.15, 0.2) is 0 Å². The van der Waals surface area contributed by atoms with E-state index in [1.165, 1.54) is 25.7 Å². The van der Waals surface area contributed by atoms with E-state index in [1.54, 1.807) is 0 Å². The summed E-state index contributed by atoms with van der Waals surface area (Å²) in [6, 6.07) is 1.89. The van der Waals surface area contributed by atoms with Crippen molar-refractivity contribution in [3.05, 3.63) is 12.3 Å². The van der Waals surface area contributed by atoms with Gasteiger partial charge in [-0.25, -0.2) is 4.98 Å². The number of anilines is 2. The molecule has 0 radical (unpaired) electrons. The van der Waals surface area contributed by atoms with Gasteiger partial charge in [0, 0.05) is 26.3 Å². The molecule has 82 valence electrons. The maximum Gasteiger partial charge on any atom is 0.227 e. The van der Waals surface area contributed by atoms with E-state index >= 15 is 0 Å². The summed E-state index contributed by atoms with van der Waals surface area (Å²) in [5.74, 6) is 1.76. The molecular weight excluding hydrogens is 188 g/mol. The topological polar surface area (TPSA) is 41.1 Å². The number of aromatic nitrogens is 2. The predicted molar refractivity (Wildman–Crippen MR) is 62.3 cm³/mol. The van der Waals surface area contributed by atoms with E-state index in [1.807, 2.05) is 19.3 Å². The molecule has 4 heteroatoms. The van der Waals surface area contributed by atoms with Crippen LogP contribution in [0, 0.1) is 0 Å². The smallest absolute Gasteiger partial charge is 0.227 e. The Balaban J connectivity index is 2.12. The van der Waals surface area contributed by atoms with Gasteiger partial charge in [-0.05, 0) is 18.9 Å². The standard InChI is InChI=1S/C11H18N4/c1-12-10-6-7-13-11(14-10)15-8-4-2-3-5-9-15/h6-7H,2-5,8-9H2,1H3,(H,12,13,14). The Bertz CT molecular complexity index is 305. The summed E-state index contributed by atoms with van der Waals surface area (Å²) in [4.78, 5) is 11.1. The molecule has 0 bridgehead atoms. The van der Waals surface area contributed by atoms with Crippen molar-refractivity contribution in [2.75, 3.05) is 30.4 Å². The van der Waals surface area contributed by atoms with E-state index in [0.29, 0.717) is 0 Å². The highest BCUT2D eigenvalue weighted by atomic mass is 15.3. The molecule has 0 spiro atoms. The molecule has 1 aliphatic heterocycles. The van der Waals surface area contributed by atoms with Crippen LogP contribution in [0.3, 0.4) is 0 Å². The maximum atomic E-state index is 4.46. The van der Waals surface area contributed by atoms with E-state index in [9.17, 15) is 0 Å². The Hall–Kier alpha value is -1.32. The number of hydrogen-bond donors (Lipinski definition) is 1. The molecule has 0 atom stereocenters. The summed E-state index contributed by atoms with van der Waals surface area (Å²) in [6.45, 7) is 2.18. The summed E-state index contributed by atoms with van der Waals surface area (Å²) >= 11 is 0. The quantitative estimate of drug-likeness (QED) is 0.802. The summed E-state index contributed by atoms with van der Waals surface area (Å²) in [6.07, 6.45) is 7.00. The lowest BCUT2D eigenvalue weighted by molar-refractivity contribution is 0.726. The van der Waals surface area contributed by atoms with Gasteiger partial charge in [0.25, 0.3) is 0 Å². The van der Waals surface area contributed by atoms with Crippen molar-refractivity contribution in [3.8, 4) is 0 Å². The van der Waals surface area contributed by atoms with Crippen molar-refractivity contribution < 1.29 is 0 Å². The van der Waals surface area contributed by atoms with Crippen molar-refractivity contribution in [2.45, 2.75) is 25.7 Å². The summed E-state index contributed by atoms with van der Waals surface area (Å²) < 4.78 is 0. The minimum Gasteiger partial charge on any atom is -0.373 e. The fraction of sp³-hybridized carbons (Fsp3) is 0.636. The van der Waals surface area contributed by atoms with Gasteiger partial charge in [0.05, 0.1) is 0 Å². The lowest BCUT2D eigenvalue weighted by Crippen LogP contribution is -2.26. The van der Waals surface area contributed by atoms with E-state index in [2.05, 4.69) is 20.2 Å². The van der Waals surface area contributed by atoms with Crippen LogP contribution in [0.5, 0.6) is 0 Å². The van der Waals surface area contributed by atoms with Gasteiger partial charge >= 0.3 is 0 Å². The van der Waals surface area contributed by atoms with Crippen LogP contribution in [-0.4, -0.2) is 30.1 Å². The van der Waals surface area contributed by atoms with E-state index in [-0.39, 0.29) is 0 Å². The molecule has 2 heterocycles. The van der Waals surface area contributed by atoms with Crippen LogP contribution in [0.2, 0.25) is 0 Å². The average molecular weight is 206 g/mol. The van der Waals surface area contributed by atoms with Crippen LogP contribution in [0.25, 0.3) is 0 Å². The van der Waals surface area contributed by atoms with E-state index in [0.717, 1.165) is 24.9 Å². The number of nitrogens with one attached hydrogen (secondary N) is 1. The van der Waals surface area contributed by atoms with Crippen molar-refractivity contribution in [2.24, 2.45) is 0 Å². The van der Waals surface area contributed by atoms with Crippen molar-refractivity contribution in [1.29, 1.82) is 0 Å². The second kappa shape index (κ2) is 4.96. The zero-order chi connectivity index (χ0) is 10.5. The van der Waals surface area contributed by atoms with Crippen molar-refractivity contribution in [3.63, 3.8) is 0 Å². The Morgan fingerprint density at radius 3 is 2.60 bits per heavy atom. The van der Waals surface area contributed by atoms with Crippen LogP contribution in [-0.2, 0) is 0 Å². The second-order valence-electron chi connectivity index (χ2n) is 3.89. The molecule has 0 amide bonds. The first-order chi connectivity index (χ1) is 7.40. The molecule has 2 rings (SSSR count). The third-order valence-electron chi connectivity index (χ3n) is 2.79. The monoisotopic (exact) mass is 206 g/mol. The summed E-state index contributed by atoms with van der Waals surface area (Å²) in [5.41, 5.74) is 0. The van der Waals surface area contributed by atoms with Gasteiger partial charge in [0.1, 0.15) is 5.82 Å². The van der Waals surface area contributed by atoms with Crippen LogP contribution in [0.1, 0.15) is 25.7 Å². The first kappa shape index (κ1) is 10.2. The fourth-order valence-corrected chi connectivity index (χ4v) is 1.91. The van der Waals surface area contributed by atoms with Gasteiger partial charge in [-0.2, -0.15) is 4.98 Å². The molecule has 15 heavy (non-hydrogen) atoms. The zero-order valence-electron chi connectivity index (χ0n) is 9.24. The number of rotatable bonds is 2. The Labute approximate surface area is 90.7 Å². The molecule has 0 unspecified atom stereocenters. The maximum absolute atomic E-state index is 4.46. The number of nitrogens with zero attached hydrogens (tertiary/aromatic N) is 3. The highest BCUT2D eigenvalue weighted by molar-refractivity contribution is 5.40. The predicted octanol–water partition coefficient (Wildman–Crippen LogP) is 1.90. The molecule has 1 aromatic heterocycles. The molecule has 1 fully saturated rings. The van der Waals surface area contributed by atoms with E-state index in [4.69, 9.17) is 0 Å². The van der Waals surface area contributed by atoms with Crippen molar-refractivity contribution in [1.82, 2.24) is 9.97 Å².